The molecule has 2 aliphatic rings. The minimum atomic E-state index is 0.831. The van der Waals surface area contributed by atoms with Gasteiger partial charge in [0.15, 0.2) is 0 Å². The van der Waals surface area contributed by atoms with Crippen molar-refractivity contribution in [3.63, 3.8) is 0 Å². The predicted molar refractivity (Wildman–Crippen MR) is 95.5 cm³/mol. The van der Waals surface area contributed by atoms with Gasteiger partial charge in [0.1, 0.15) is 0 Å². The predicted octanol–water partition coefficient (Wildman–Crippen LogP) is 2.30. The van der Waals surface area contributed by atoms with Gasteiger partial charge in [0.05, 0.1) is 13.2 Å². The lowest BCUT2D eigenvalue weighted by Crippen LogP contribution is -2.43. The van der Waals surface area contributed by atoms with Crippen LogP contribution in [0.5, 0.6) is 0 Å². The van der Waals surface area contributed by atoms with Crippen LogP contribution in [0, 0.1) is 11.8 Å². The van der Waals surface area contributed by atoms with Crippen molar-refractivity contribution in [2.24, 2.45) is 11.8 Å². The van der Waals surface area contributed by atoms with Gasteiger partial charge in [0.2, 0.25) is 0 Å². The number of rotatable bonds is 6. The van der Waals surface area contributed by atoms with Crippen molar-refractivity contribution in [2.75, 3.05) is 65.6 Å². The molecule has 2 fully saturated rings. The fraction of sp³-hybridized carbons (Fsp3) is 1.00. The first-order valence-corrected chi connectivity index (χ1v) is 9.31. The summed E-state index contributed by atoms with van der Waals surface area (Å²) in [7, 11) is 0. The molecular weight excluding hydrogens is 274 g/mol. The summed E-state index contributed by atoms with van der Waals surface area (Å²) in [5.41, 5.74) is 0. The van der Waals surface area contributed by atoms with Crippen molar-refractivity contribution < 1.29 is 4.74 Å². The lowest BCUT2D eigenvalue weighted by Gasteiger charge is -2.27. The molecule has 0 aliphatic carbocycles. The minimum absolute atomic E-state index is 0.831. The molecule has 0 spiro atoms. The van der Waals surface area contributed by atoms with Crippen LogP contribution in [0.25, 0.3) is 0 Å². The zero-order valence-corrected chi connectivity index (χ0v) is 15.4. The molecule has 4 heteroatoms. The SMILES string of the molecule is CC(C)CCN1CCNCC1.CC(C)CCN1CCOCC1. The second-order valence-corrected chi connectivity index (χ2v) is 7.41. The van der Waals surface area contributed by atoms with Gasteiger partial charge in [-0.25, -0.2) is 0 Å². The summed E-state index contributed by atoms with van der Waals surface area (Å²) in [6.07, 6.45) is 2.67. The van der Waals surface area contributed by atoms with Crippen molar-refractivity contribution in [3.8, 4) is 0 Å². The molecule has 0 radical (unpaired) electrons. The van der Waals surface area contributed by atoms with Crippen LogP contribution in [0.1, 0.15) is 40.5 Å². The lowest BCUT2D eigenvalue weighted by molar-refractivity contribution is 0.0360. The highest BCUT2D eigenvalue weighted by Gasteiger charge is 2.10. The largest absolute Gasteiger partial charge is 0.379 e. The number of nitrogens with zero attached hydrogens (tertiary/aromatic N) is 2. The monoisotopic (exact) mass is 313 g/mol. The van der Waals surface area contributed by atoms with E-state index in [4.69, 9.17) is 4.74 Å². The third-order valence-corrected chi connectivity index (χ3v) is 4.36. The maximum atomic E-state index is 5.26. The summed E-state index contributed by atoms with van der Waals surface area (Å²) in [6, 6.07) is 0. The van der Waals surface area contributed by atoms with E-state index in [2.05, 4.69) is 42.8 Å². The van der Waals surface area contributed by atoms with Crippen molar-refractivity contribution in [2.45, 2.75) is 40.5 Å². The number of morpholine rings is 1. The Morgan fingerprint density at radius 1 is 0.773 bits per heavy atom. The Labute approximate surface area is 138 Å². The number of piperazine rings is 1. The first-order valence-electron chi connectivity index (χ1n) is 9.31. The van der Waals surface area contributed by atoms with Gasteiger partial charge in [0, 0.05) is 39.3 Å². The van der Waals surface area contributed by atoms with E-state index in [1.54, 1.807) is 0 Å². The van der Waals surface area contributed by atoms with Crippen LogP contribution in [-0.2, 0) is 4.74 Å². The molecular formula is C18H39N3O. The molecule has 0 bridgehead atoms. The molecule has 0 unspecified atom stereocenters. The van der Waals surface area contributed by atoms with E-state index in [1.807, 2.05) is 0 Å². The first-order chi connectivity index (χ1) is 10.6. The van der Waals surface area contributed by atoms with Gasteiger partial charge < -0.3 is 15.0 Å². The molecule has 132 valence electrons. The topological polar surface area (TPSA) is 27.7 Å². The van der Waals surface area contributed by atoms with E-state index in [0.717, 1.165) is 38.1 Å². The molecule has 4 nitrogen and oxygen atoms in total. The molecule has 1 N–H and O–H groups in total. The minimum Gasteiger partial charge on any atom is -0.379 e. The zero-order valence-electron chi connectivity index (χ0n) is 15.4. The highest BCUT2D eigenvalue weighted by atomic mass is 16.5. The van der Waals surface area contributed by atoms with Gasteiger partial charge in [-0.05, 0) is 37.8 Å². The average Bonchev–Trinajstić information content (AvgIpc) is 2.53. The average molecular weight is 314 g/mol. The van der Waals surface area contributed by atoms with Crippen LogP contribution >= 0.6 is 0 Å². The summed E-state index contributed by atoms with van der Waals surface area (Å²) < 4.78 is 5.26. The highest BCUT2D eigenvalue weighted by Crippen LogP contribution is 2.04. The third kappa shape index (κ3) is 10.5. The maximum Gasteiger partial charge on any atom is 0.0594 e. The van der Waals surface area contributed by atoms with E-state index in [-0.39, 0.29) is 0 Å². The highest BCUT2D eigenvalue weighted by molar-refractivity contribution is 4.67. The smallest absolute Gasteiger partial charge is 0.0594 e. The normalized spacial score (nSPS) is 21.0. The van der Waals surface area contributed by atoms with Gasteiger partial charge in [-0.3, -0.25) is 4.90 Å². The molecule has 0 aromatic carbocycles. The van der Waals surface area contributed by atoms with Gasteiger partial charge in [-0.2, -0.15) is 0 Å². The van der Waals surface area contributed by atoms with Gasteiger partial charge in [0.25, 0.3) is 0 Å². The van der Waals surface area contributed by atoms with Crippen molar-refractivity contribution in [1.29, 1.82) is 0 Å². The first kappa shape index (κ1) is 19.9. The van der Waals surface area contributed by atoms with Crippen LogP contribution in [-0.4, -0.2) is 75.4 Å². The Kier molecular flexibility index (Phi) is 11.1. The van der Waals surface area contributed by atoms with Crippen LogP contribution < -0.4 is 5.32 Å². The number of hydrogen-bond acceptors (Lipinski definition) is 4. The summed E-state index contributed by atoms with van der Waals surface area (Å²) in [5, 5.41) is 3.36. The number of nitrogens with one attached hydrogen (secondary N) is 1. The summed E-state index contributed by atoms with van der Waals surface area (Å²) in [5.74, 6) is 1.68. The second kappa shape index (κ2) is 12.3. The standard InChI is InChI=1S/C9H20N2.C9H19NO/c1-9(2)3-6-11-7-4-10-5-8-11;1-9(2)3-4-10-5-7-11-8-6-10/h9-10H,3-8H2,1-2H3;9H,3-8H2,1-2H3. The Balaban J connectivity index is 0.000000220. The Hall–Kier alpha value is -0.160. The van der Waals surface area contributed by atoms with Gasteiger partial charge >= 0.3 is 0 Å². The fourth-order valence-electron chi connectivity index (χ4n) is 2.64. The van der Waals surface area contributed by atoms with E-state index in [0.29, 0.717) is 0 Å². The molecule has 0 aromatic heterocycles. The quantitative estimate of drug-likeness (QED) is 0.814. The van der Waals surface area contributed by atoms with E-state index in [9.17, 15) is 0 Å². The van der Waals surface area contributed by atoms with Crippen molar-refractivity contribution in [1.82, 2.24) is 15.1 Å². The van der Waals surface area contributed by atoms with Crippen LogP contribution in [0.3, 0.4) is 0 Å². The summed E-state index contributed by atoms with van der Waals surface area (Å²) >= 11 is 0. The molecule has 2 rings (SSSR count). The molecule has 22 heavy (non-hydrogen) atoms. The molecule has 0 amide bonds. The van der Waals surface area contributed by atoms with E-state index < -0.39 is 0 Å². The molecule has 2 aliphatic heterocycles. The van der Waals surface area contributed by atoms with Gasteiger partial charge in [-0.15, -0.1) is 0 Å². The number of hydrogen-bond donors (Lipinski definition) is 1. The molecule has 0 atom stereocenters. The lowest BCUT2D eigenvalue weighted by atomic mass is 10.1. The van der Waals surface area contributed by atoms with Crippen LogP contribution in [0.2, 0.25) is 0 Å². The Morgan fingerprint density at radius 2 is 1.23 bits per heavy atom. The molecule has 2 saturated heterocycles. The molecule has 2 heterocycles. The summed E-state index contributed by atoms with van der Waals surface area (Å²) in [4.78, 5) is 5.04. The van der Waals surface area contributed by atoms with Crippen LogP contribution in [0.15, 0.2) is 0 Å². The Bertz CT molecular complexity index is 221. The molecule has 0 aromatic rings. The van der Waals surface area contributed by atoms with E-state index >= 15 is 0 Å². The molecule has 0 saturated carbocycles. The van der Waals surface area contributed by atoms with Crippen molar-refractivity contribution >= 4 is 0 Å². The van der Waals surface area contributed by atoms with E-state index in [1.165, 1.54) is 52.1 Å². The van der Waals surface area contributed by atoms with Crippen molar-refractivity contribution in [3.05, 3.63) is 0 Å². The Morgan fingerprint density at radius 3 is 1.68 bits per heavy atom. The third-order valence-electron chi connectivity index (χ3n) is 4.36. The second-order valence-electron chi connectivity index (χ2n) is 7.41. The maximum absolute atomic E-state index is 5.26. The summed E-state index contributed by atoms with van der Waals surface area (Å²) in [6.45, 7) is 20.6. The van der Waals surface area contributed by atoms with Crippen LogP contribution in [0.4, 0.5) is 0 Å². The fourth-order valence-corrected chi connectivity index (χ4v) is 2.64. The zero-order chi connectivity index (χ0) is 16.2. The van der Waals surface area contributed by atoms with Gasteiger partial charge in [-0.1, -0.05) is 27.7 Å². The number of ether oxygens (including phenoxy) is 1.